The molecule has 1 aliphatic rings. The summed E-state index contributed by atoms with van der Waals surface area (Å²) in [5, 5.41) is 9.45. The first-order chi connectivity index (χ1) is 9.65. The minimum Gasteiger partial charge on any atom is -0.369 e. The first-order valence-electron chi connectivity index (χ1n) is 7.17. The average Bonchev–Trinajstić information content (AvgIpc) is 2.49. The SMILES string of the molecule is CCc1ccc(C(C#N)N2CCC(C(N)=O)CC2)cc1. The highest BCUT2D eigenvalue weighted by Gasteiger charge is 2.28. The van der Waals surface area contributed by atoms with Crippen LogP contribution in [0.2, 0.25) is 0 Å². The van der Waals surface area contributed by atoms with Crippen LogP contribution >= 0.6 is 0 Å². The van der Waals surface area contributed by atoms with Crippen LogP contribution in [-0.2, 0) is 11.2 Å². The number of amides is 1. The summed E-state index contributed by atoms with van der Waals surface area (Å²) in [6.45, 7) is 3.62. The van der Waals surface area contributed by atoms with Crippen molar-refractivity contribution in [3.8, 4) is 6.07 Å². The number of hydrogen-bond acceptors (Lipinski definition) is 3. The van der Waals surface area contributed by atoms with E-state index in [9.17, 15) is 10.1 Å². The van der Waals surface area contributed by atoms with Crippen molar-refractivity contribution in [1.82, 2.24) is 4.90 Å². The van der Waals surface area contributed by atoms with Gasteiger partial charge in [-0.05, 0) is 30.4 Å². The van der Waals surface area contributed by atoms with Gasteiger partial charge >= 0.3 is 0 Å². The molecule has 0 aromatic heterocycles. The van der Waals surface area contributed by atoms with Crippen molar-refractivity contribution >= 4 is 5.91 Å². The highest BCUT2D eigenvalue weighted by atomic mass is 16.1. The van der Waals surface area contributed by atoms with Gasteiger partial charge in [0.05, 0.1) is 6.07 Å². The fourth-order valence-corrected chi connectivity index (χ4v) is 2.74. The lowest BCUT2D eigenvalue weighted by molar-refractivity contribution is -0.123. The quantitative estimate of drug-likeness (QED) is 0.910. The van der Waals surface area contributed by atoms with E-state index in [0.717, 1.165) is 37.9 Å². The standard InChI is InChI=1S/C16H21N3O/c1-2-12-3-5-13(6-4-12)15(11-17)19-9-7-14(8-10-19)16(18)20/h3-6,14-15H,2,7-10H2,1H3,(H2,18,20). The second-order valence-corrected chi connectivity index (χ2v) is 5.34. The highest BCUT2D eigenvalue weighted by molar-refractivity contribution is 5.76. The first-order valence-corrected chi connectivity index (χ1v) is 7.17. The molecule has 2 rings (SSSR count). The number of primary amides is 1. The largest absolute Gasteiger partial charge is 0.369 e. The third-order valence-corrected chi connectivity index (χ3v) is 4.12. The van der Waals surface area contributed by atoms with E-state index >= 15 is 0 Å². The van der Waals surface area contributed by atoms with E-state index in [2.05, 4.69) is 30.0 Å². The molecular formula is C16H21N3O. The lowest BCUT2D eigenvalue weighted by atomic mass is 9.94. The molecule has 4 heteroatoms. The summed E-state index contributed by atoms with van der Waals surface area (Å²) in [5.41, 5.74) is 7.65. The van der Waals surface area contributed by atoms with Gasteiger partial charge in [-0.15, -0.1) is 0 Å². The Balaban J connectivity index is 2.05. The van der Waals surface area contributed by atoms with Gasteiger partial charge in [-0.2, -0.15) is 5.26 Å². The molecule has 0 radical (unpaired) electrons. The van der Waals surface area contributed by atoms with Gasteiger partial charge in [0.1, 0.15) is 6.04 Å². The lowest BCUT2D eigenvalue weighted by Crippen LogP contribution is -2.40. The molecule has 1 unspecified atom stereocenters. The molecule has 20 heavy (non-hydrogen) atoms. The Bertz CT molecular complexity index is 495. The molecule has 1 aromatic carbocycles. The summed E-state index contributed by atoms with van der Waals surface area (Å²) in [6, 6.07) is 10.4. The third kappa shape index (κ3) is 3.17. The van der Waals surface area contributed by atoms with Gasteiger partial charge in [0.15, 0.2) is 0 Å². The summed E-state index contributed by atoms with van der Waals surface area (Å²) >= 11 is 0. The van der Waals surface area contributed by atoms with Crippen LogP contribution in [0.1, 0.15) is 36.9 Å². The van der Waals surface area contributed by atoms with Crippen LogP contribution in [0.3, 0.4) is 0 Å². The normalized spacial score (nSPS) is 18.4. The zero-order chi connectivity index (χ0) is 14.5. The summed E-state index contributed by atoms with van der Waals surface area (Å²) in [4.78, 5) is 13.3. The fourth-order valence-electron chi connectivity index (χ4n) is 2.74. The topological polar surface area (TPSA) is 70.1 Å². The van der Waals surface area contributed by atoms with Crippen LogP contribution in [0.25, 0.3) is 0 Å². The number of nitrogens with zero attached hydrogens (tertiary/aromatic N) is 2. The Morgan fingerprint density at radius 1 is 1.40 bits per heavy atom. The Kier molecular flexibility index (Phi) is 4.75. The Labute approximate surface area is 120 Å². The molecule has 0 saturated carbocycles. The van der Waals surface area contributed by atoms with Crippen molar-refractivity contribution in [2.45, 2.75) is 32.2 Å². The van der Waals surface area contributed by atoms with E-state index in [1.165, 1.54) is 5.56 Å². The van der Waals surface area contributed by atoms with Crippen LogP contribution in [0.4, 0.5) is 0 Å². The van der Waals surface area contributed by atoms with E-state index < -0.39 is 0 Å². The number of piperidine rings is 1. The number of aryl methyl sites for hydroxylation is 1. The minimum absolute atomic E-state index is 0.0342. The predicted molar refractivity (Wildman–Crippen MR) is 77.7 cm³/mol. The van der Waals surface area contributed by atoms with E-state index in [0.29, 0.717) is 0 Å². The molecule has 1 saturated heterocycles. The maximum absolute atomic E-state index is 11.2. The number of rotatable bonds is 4. The van der Waals surface area contributed by atoms with Crippen molar-refractivity contribution in [3.05, 3.63) is 35.4 Å². The van der Waals surface area contributed by atoms with Crippen LogP contribution in [0, 0.1) is 17.2 Å². The molecule has 1 heterocycles. The van der Waals surface area contributed by atoms with E-state index in [1.54, 1.807) is 0 Å². The number of nitrogens with two attached hydrogens (primary N) is 1. The van der Waals surface area contributed by atoms with Gasteiger partial charge in [0.2, 0.25) is 5.91 Å². The number of benzene rings is 1. The van der Waals surface area contributed by atoms with Gasteiger partial charge in [0, 0.05) is 19.0 Å². The molecule has 2 N–H and O–H groups in total. The molecule has 0 aliphatic carbocycles. The fraction of sp³-hybridized carbons (Fsp3) is 0.500. The summed E-state index contributed by atoms with van der Waals surface area (Å²) in [7, 11) is 0. The molecule has 4 nitrogen and oxygen atoms in total. The lowest BCUT2D eigenvalue weighted by Gasteiger charge is -2.33. The predicted octanol–water partition coefficient (Wildman–Crippen LogP) is 2.01. The van der Waals surface area contributed by atoms with E-state index in [4.69, 9.17) is 5.73 Å². The Morgan fingerprint density at radius 2 is 2.00 bits per heavy atom. The van der Waals surface area contributed by atoms with E-state index in [-0.39, 0.29) is 17.9 Å². The number of hydrogen-bond donors (Lipinski definition) is 1. The monoisotopic (exact) mass is 271 g/mol. The molecule has 1 atom stereocenters. The molecular weight excluding hydrogens is 250 g/mol. The van der Waals surface area contributed by atoms with Crippen molar-refractivity contribution in [3.63, 3.8) is 0 Å². The van der Waals surface area contributed by atoms with Crippen molar-refractivity contribution in [2.75, 3.05) is 13.1 Å². The van der Waals surface area contributed by atoms with Crippen molar-refractivity contribution < 1.29 is 4.79 Å². The summed E-state index contributed by atoms with van der Waals surface area (Å²) in [5.74, 6) is -0.251. The Morgan fingerprint density at radius 3 is 2.45 bits per heavy atom. The second kappa shape index (κ2) is 6.53. The van der Waals surface area contributed by atoms with Crippen molar-refractivity contribution in [1.29, 1.82) is 5.26 Å². The molecule has 0 bridgehead atoms. The maximum atomic E-state index is 11.2. The highest BCUT2D eigenvalue weighted by Crippen LogP contribution is 2.26. The smallest absolute Gasteiger partial charge is 0.220 e. The number of carbonyl (C=O) groups is 1. The van der Waals surface area contributed by atoms with Gasteiger partial charge in [0.25, 0.3) is 0 Å². The number of carbonyl (C=O) groups excluding carboxylic acids is 1. The van der Waals surface area contributed by atoms with Crippen LogP contribution in [-0.4, -0.2) is 23.9 Å². The van der Waals surface area contributed by atoms with Crippen molar-refractivity contribution in [2.24, 2.45) is 11.7 Å². The zero-order valence-electron chi connectivity index (χ0n) is 11.9. The summed E-state index contributed by atoms with van der Waals surface area (Å²) in [6.07, 6.45) is 2.50. The van der Waals surface area contributed by atoms with Gasteiger partial charge < -0.3 is 5.73 Å². The molecule has 1 aromatic rings. The van der Waals surface area contributed by atoms with Crippen LogP contribution < -0.4 is 5.73 Å². The molecule has 1 aliphatic heterocycles. The first kappa shape index (κ1) is 14.5. The molecule has 1 amide bonds. The molecule has 1 fully saturated rings. The van der Waals surface area contributed by atoms with Crippen LogP contribution in [0.15, 0.2) is 24.3 Å². The Hall–Kier alpha value is -1.86. The van der Waals surface area contributed by atoms with E-state index in [1.807, 2.05) is 12.1 Å². The summed E-state index contributed by atoms with van der Waals surface area (Å²) < 4.78 is 0. The molecule has 0 spiro atoms. The second-order valence-electron chi connectivity index (χ2n) is 5.34. The zero-order valence-corrected chi connectivity index (χ0v) is 11.9. The van der Waals surface area contributed by atoms with Gasteiger partial charge in [-0.3, -0.25) is 9.69 Å². The van der Waals surface area contributed by atoms with Crippen LogP contribution in [0.5, 0.6) is 0 Å². The third-order valence-electron chi connectivity index (χ3n) is 4.12. The maximum Gasteiger partial charge on any atom is 0.220 e. The number of nitriles is 1. The van der Waals surface area contributed by atoms with Gasteiger partial charge in [-0.25, -0.2) is 0 Å². The molecule has 106 valence electrons. The van der Waals surface area contributed by atoms with Gasteiger partial charge in [-0.1, -0.05) is 31.2 Å². The minimum atomic E-state index is -0.227. The average molecular weight is 271 g/mol. The number of likely N-dealkylation sites (tertiary alicyclic amines) is 1.